The molecule has 0 saturated heterocycles. The van der Waals surface area contributed by atoms with Gasteiger partial charge in [-0.1, -0.05) is 0 Å². The Bertz CT molecular complexity index is 297. The summed E-state index contributed by atoms with van der Waals surface area (Å²) in [6, 6.07) is 0. The molecule has 0 aliphatic carbocycles. The maximum absolute atomic E-state index is 12.1. The maximum atomic E-state index is 12.1. The summed E-state index contributed by atoms with van der Waals surface area (Å²) >= 11 is 1.51. The van der Waals surface area contributed by atoms with Crippen molar-refractivity contribution >= 4 is 22.6 Å². The number of halogens is 4. The van der Waals surface area contributed by atoms with Crippen molar-refractivity contribution in [3.8, 4) is 0 Å². The molecule has 0 N–H and O–H groups in total. The average molecular weight is 288 g/mol. The molecule has 2 nitrogen and oxygen atoms in total. The fraction of sp³-hybridized carbons (Fsp3) is 0.333. The third-order valence-corrected chi connectivity index (χ3v) is 1.91. The van der Waals surface area contributed by atoms with Crippen molar-refractivity contribution in [2.75, 3.05) is 0 Å². The first-order valence-electron chi connectivity index (χ1n) is 2.97. The molecule has 0 aromatic carbocycles. The summed E-state index contributed by atoms with van der Waals surface area (Å²) in [4.78, 5) is 6.90. The molecule has 1 aromatic rings. The molecule has 1 rings (SSSR count). The van der Waals surface area contributed by atoms with Crippen LogP contribution < -0.4 is 0 Å². The lowest BCUT2D eigenvalue weighted by Gasteiger charge is -2.06. The first-order chi connectivity index (χ1) is 5.41. The molecule has 1 heterocycles. The fourth-order valence-electron chi connectivity index (χ4n) is 0.643. The van der Waals surface area contributed by atoms with Crippen molar-refractivity contribution in [1.29, 1.82) is 0 Å². The largest absolute Gasteiger partial charge is 0.435 e. The van der Waals surface area contributed by atoms with E-state index in [1.54, 1.807) is 0 Å². The van der Waals surface area contributed by atoms with Crippen LogP contribution in [0.1, 0.15) is 11.4 Å². The normalized spacial score (nSPS) is 11.8. The number of hydrogen-bond donors (Lipinski definition) is 0. The quantitative estimate of drug-likeness (QED) is 0.685. The van der Waals surface area contributed by atoms with Crippen LogP contribution >= 0.6 is 22.6 Å². The summed E-state index contributed by atoms with van der Waals surface area (Å²) < 4.78 is 36.2. The van der Waals surface area contributed by atoms with E-state index < -0.39 is 11.9 Å². The van der Waals surface area contributed by atoms with Gasteiger partial charge in [0.2, 0.25) is 0 Å². The van der Waals surface area contributed by atoms with Gasteiger partial charge in [-0.3, -0.25) is 0 Å². The fourth-order valence-corrected chi connectivity index (χ4v) is 1.21. The molecule has 0 spiro atoms. The zero-order valence-corrected chi connectivity index (χ0v) is 8.14. The monoisotopic (exact) mass is 288 g/mol. The van der Waals surface area contributed by atoms with Gasteiger partial charge in [-0.2, -0.15) is 13.2 Å². The van der Waals surface area contributed by atoms with Crippen molar-refractivity contribution < 1.29 is 13.2 Å². The van der Waals surface area contributed by atoms with Crippen LogP contribution in [0.25, 0.3) is 0 Å². The van der Waals surface area contributed by atoms with E-state index in [0.29, 0.717) is 0 Å². The molecule has 6 heteroatoms. The van der Waals surface area contributed by atoms with Crippen molar-refractivity contribution in [3.63, 3.8) is 0 Å². The maximum Gasteiger partial charge on any atom is 0.435 e. The molecule has 0 atom stereocenters. The Kier molecular flexibility index (Phi) is 2.55. The second kappa shape index (κ2) is 3.15. The third-order valence-electron chi connectivity index (χ3n) is 1.12. The highest BCUT2D eigenvalue weighted by Gasteiger charge is 2.35. The van der Waals surface area contributed by atoms with Gasteiger partial charge in [-0.25, -0.2) is 9.97 Å². The Morgan fingerprint density at radius 3 is 2.42 bits per heavy atom. The summed E-state index contributed by atoms with van der Waals surface area (Å²) in [5.74, 6) is 0. The highest BCUT2D eigenvalue weighted by Crippen LogP contribution is 2.29. The average Bonchev–Trinajstić information content (AvgIpc) is 1.92. The first-order valence-corrected chi connectivity index (χ1v) is 4.05. The van der Waals surface area contributed by atoms with Gasteiger partial charge in [0, 0.05) is 6.20 Å². The molecular weight excluding hydrogens is 284 g/mol. The summed E-state index contributed by atoms with van der Waals surface area (Å²) in [6.07, 6.45) is -3.10. The summed E-state index contributed by atoms with van der Waals surface area (Å²) in [5, 5.41) is 0. The standard InChI is InChI=1S/C6H4F3IN2/c1-3-2-11-5(10)4(12-3)6(7,8)9/h2H,1H3. The molecule has 0 unspecified atom stereocenters. The van der Waals surface area contributed by atoms with E-state index in [0.717, 1.165) is 0 Å². The summed E-state index contributed by atoms with van der Waals surface area (Å²) in [6.45, 7) is 1.47. The Balaban J connectivity index is 3.23. The van der Waals surface area contributed by atoms with Crippen LogP contribution in [0.3, 0.4) is 0 Å². The molecule has 0 fully saturated rings. The van der Waals surface area contributed by atoms with Crippen LogP contribution in [0.15, 0.2) is 6.20 Å². The van der Waals surface area contributed by atoms with E-state index >= 15 is 0 Å². The topological polar surface area (TPSA) is 25.8 Å². The molecule has 0 aliphatic rings. The molecule has 0 saturated carbocycles. The lowest BCUT2D eigenvalue weighted by atomic mass is 10.4. The van der Waals surface area contributed by atoms with Crippen molar-refractivity contribution in [1.82, 2.24) is 9.97 Å². The lowest BCUT2D eigenvalue weighted by Crippen LogP contribution is -2.12. The zero-order chi connectivity index (χ0) is 9.35. The SMILES string of the molecule is Cc1cnc(I)c(C(F)(F)F)n1. The number of hydrogen-bond acceptors (Lipinski definition) is 2. The van der Waals surface area contributed by atoms with E-state index in [1.807, 2.05) is 0 Å². The Morgan fingerprint density at radius 2 is 2.00 bits per heavy atom. The number of aromatic nitrogens is 2. The third kappa shape index (κ3) is 2.05. The summed E-state index contributed by atoms with van der Waals surface area (Å²) in [5.41, 5.74) is -0.647. The van der Waals surface area contributed by atoms with Gasteiger partial charge in [0.05, 0.1) is 5.69 Å². The van der Waals surface area contributed by atoms with E-state index in [4.69, 9.17) is 0 Å². The van der Waals surface area contributed by atoms with Crippen molar-refractivity contribution in [2.24, 2.45) is 0 Å². The minimum Gasteiger partial charge on any atom is -0.246 e. The number of nitrogens with zero attached hydrogens (tertiary/aromatic N) is 2. The second-order valence-electron chi connectivity index (χ2n) is 2.15. The summed E-state index contributed by atoms with van der Waals surface area (Å²) in [7, 11) is 0. The number of alkyl halides is 3. The molecule has 0 radical (unpaired) electrons. The smallest absolute Gasteiger partial charge is 0.246 e. The van der Waals surface area contributed by atoms with Crippen LogP contribution in [0.2, 0.25) is 0 Å². The Hall–Kier alpha value is -0.400. The first kappa shape index (κ1) is 9.69. The van der Waals surface area contributed by atoms with Crippen LogP contribution in [0.5, 0.6) is 0 Å². The predicted molar refractivity (Wildman–Crippen MR) is 44.5 cm³/mol. The van der Waals surface area contributed by atoms with Gasteiger partial charge in [-0.05, 0) is 29.5 Å². The molecule has 0 amide bonds. The molecule has 0 aliphatic heterocycles. The van der Waals surface area contributed by atoms with Gasteiger partial charge in [0.25, 0.3) is 0 Å². The van der Waals surface area contributed by atoms with Crippen LogP contribution in [0.4, 0.5) is 13.2 Å². The van der Waals surface area contributed by atoms with Crippen LogP contribution in [0, 0.1) is 10.6 Å². The van der Waals surface area contributed by atoms with Gasteiger partial charge >= 0.3 is 6.18 Å². The van der Waals surface area contributed by atoms with Crippen LogP contribution in [-0.2, 0) is 6.18 Å². The zero-order valence-electron chi connectivity index (χ0n) is 5.98. The minimum atomic E-state index is -4.41. The Labute approximate surface area is 80.4 Å². The molecule has 0 bridgehead atoms. The molecule has 12 heavy (non-hydrogen) atoms. The lowest BCUT2D eigenvalue weighted by molar-refractivity contribution is -0.142. The van der Waals surface area contributed by atoms with Gasteiger partial charge < -0.3 is 0 Å². The van der Waals surface area contributed by atoms with Gasteiger partial charge in [0.15, 0.2) is 5.69 Å². The van der Waals surface area contributed by atoms with E-state index in [2.05, 4.69) is 9.97 Å². The second-order valence-corrected chi connectivity index (χ2v) is 3.17. The minimum absolute atomic E-state index is 0.120. The van der Waals surface area contributed by atoms with Crippen molar-refractivity contribution in [2.45, 2.75) is 13.1 Å². The Morgan fingerprint density at radius 1 is 1.42 bits per heavy atom. The van der Waals surface area contributed by atoms with E-state index in [-0.39, 0.29) is 9.39 Å². The molecular formula is C6H4F3IN2. The molecule has 66 valence electrons. The highest BCUT2D eigenvalue weighted by molar-refractivity contribution is 14.1. The van der Waals surface area contributed by atoms with E-state index in [9.17, 15) is 13.2 Å². The number of aryl methyl sites for hydroxylation is 1. The van der Waals surface area contributed by atoms with Gasteiger partial charge in [-0.15, -0.1) is 0 Å². The van der Waals surface area contributed by atoms with Gasteiger partial charge in [0.1, 0.15) is 3.70 Å². The van der Waals surface area contributed by atoms with Crippen molar-refractivity contribution in [3.05, 3.63) is 21.3 Å². The predicted octanol–water partition coefficient (Wildman–Crippen LogP) is 2.41. The number of rotatable bonds is 0. The highest BCUT2D eigenvalue weighted by atomic mass is 127. The van der Waals surface area contributed by atoms with E-state index in [1.165, 1.54) is 35.7 Å². The van der Waals surface area contributed by atoms with Crippen LogP contribution in [-0.4, -0.2) is 9.97 Å². The molecule has 1 aromatic heterocycles.